The van der Waals surface area contributed by atoms with Crippen molar-refractivity contribution >= 4 is 17.6 Å². The number of hydrogen-bond donors (Lipinski definition) is 0. The normalized spacial score (nSPS) is 13.4. The molecule has 0 fully saturated rings. The number of rotatable bonds is 7. The fourth-order valence-electron chi connectivity index (χ4n) is 2.13. The number of hydrogen-bond acceptors (Lipinski definition) is 4. The first-order chi connectivity index (χ1) is 12.8. The van der Waals surface area contributed by atoms with E-state index in [0.717, 1.165) is 12.1 Å². The lowest BCUT2D eigenvalue weighted by Gasteiger charge is -2.12. The zero-order valence-corrected chi connectivity index (χ0v) is 15.6. The Morgan fingerprint density at radius 3 is 2.44 bits per heavy atom. The molecular formula is C20H22F3NO3. The van der Waals surface area contributed by atoms with Crippen molar-refractivity contribution < 1.29 is 27.4 Å². The second-order valence-corrected chi connectivity index (χ2v) is 5.21. The highest BCUT2D eigenvalue weighted by molar-refractivity contribution is 5.89. The summed E-state index contributed by atoms with van der Waals surface area (Å²) >= 11 is 0. The molecule has 146 valence electrons. The van der Waals surface area contributed by atoms with Crippen molar-refractivity contribution in [3.8, 4) is 0 Å². The quantitative estimate of drug-likeness (QED) is 0.282. The summed E-state index contributed by atoms with van der Waals surface area (Å²) in [7, 11) is 1.46. The number of pyridine rings is 1. The summed E-state index contributed by atoms with van der Waals surface area (Å²) < 4.78 is 49.4. The highest BCUT2D eigenvalue weighted by atomic mass is 19.4. The van der Waals surface area contributed by atoms with Crippen LogP contribution in [0.2, 0.25) is 0 Å². The molecule has 7 heteroatoms. The number of halogens is 3. The van der Waals surface area contributed by atoms with Crippen molar-refractivity contribution in [3.05, 3.63) is 65.2 Å². The van der Waals surface area contributed by atoms with Crippen LogP contribution in [0, 0.1) is 0 Å². The Morgan fingerprint density at radius 2 is 1.93 bits per heavy atom. The summed E-state index contributed by atoms with van der Waals surface area (Å²) in [6.45, 7) is 5.33. The van der Waals surface area contributed by atoms with Crippen LogP contribution in [-0.2, 0) is 20.4 Å². The Bertz CT molecular complexity index is 775. The molecule has 0 aromatic carbocycles. The summed E-state index contributed by atoms with van der Waals surface area (Å²) in [6, 6.07) is 2.13. The fraction of sp³-hybridized carbons (Fsp3) is 0.300. The SMILES string of the molecule is C\C=C/C(=C\C(=C/C)OC)c1nc(C(F)(F)F)ccc1/C=C/C(=O)OCC. The lowest BCUT2D eigenvalue weighted by molar-refractivity contribution is -0.141. The minimum absolute atomic E-state index is 0.0693. The van der Waals surface area contributed by atoms with Gasteiger partial charge in [-0.1, -0.05) is 18.2 Å². The first-order valence-corrected chi connectivity index (χ1v) is 8.24. The lowest BCUT2D eigenvalue weighted by atomic mass is 10.0. The molecule has 0 saturated carbocycles. The molecule has 4 nitrogen and oxygen atoms in total. The molecule has 0 unspecified atom stereocenters. The number of methoxy groups -OCH3 is 1. The van der Waals surface area contributed by atoms with E-state index in [-0.39, 0.29) is 12.3 Å². The molecule has 0 aliphatic heterocycles. The average Bonchev–Trinajstić information content (AvgIpc) is 2.63. The molecule has 0 saturated heterocycles. The third kappa shape index (κ3) is 6.77. The summed E-state index contributed by atoms with van der Waals surface area (Å²) in [6.07, 6.45) is 4.47. The van der Waals surface area contributed by atoms with Gasteiger partial charge in [0.15, 0.2) is 0 Å². The summed E-state index contributed by atoms with van der Waals surface area (Å²) in [5.41, 5.74) is -0.213. The van der Waals surface area contributed by atoms with Crippen LogP contribution in [0.4, 0.5) is 13.2 Å². The van der Waals surface area contributed by atoms with Gasteiger partial charge in [0, 0.05) is 17.2 Å². The van der Waals surface area contributed by atoms with Crippen molar-refractivity contribution in [3.63, 3.8) is 0 Å². The van der Waals surface area contributed by atoms with Crippen LogP contribution >= 0.6 is 0 Å². The van der Waals surface area contributed by atoms with Crippen molar-refractivity contribution in [2.75, 3.05) is 13.7 Å². The highest BCUT2D eigenvalue weighted by Crippen LogP contribution is 2.31. The second kappa shape index (κ2) is 10.4. The van der Waals surface area contributed by atoms with Crippen LogP contribution in [0.15, 0.2) is 48.3 Å². The summed E-state index contributed by atoms with van der Waals surface area (Å²) in [5.74, 6) is -0.131. The zero-order chi connectivity index (χ0) is 20.4. The number of aromatic nitrogens is 1. The highest BCUT2D eigenvalue weighted by Gasteiger charge is 2.33. The van der Waals surface area contributed by atoms with Crippen LogP contribution in [0.25, 0.3) is 11.6 Å². The molecule has 27 heavy (non-hydrogen) atoms. The molecule has 1 rings (SSSR count). The van der Waals surface area contributed by atoms with Gasteiger partial charge in [-0.05, 0) is 45.1 Å². The number of alkyl halides is 3. The monoisotopic (exact) mass is 381 g/mol. The van der Waals surface area contributed by atoms with Gasteiger partial charge in [0.2, 0.25) is 0 Å². The zero-order valence-electron chi connectivity index (χ0n) is 15.6. The predicted molar refractivity (Wildman–Crippen MR) is 98.5 cm³/mol. The first kappa shape index (κ1) is 22.2. The van der Waals surface area contributed by atoms with Crippen molar-refractivity contribution in [2.24, 2.45) is 0 Å². The van der Waals surface area contributed by atoms with E-state index >= 15 is 0 Å². The van der Waals surface area contributed by atoms with Gasteiger partial charge in [-0.3, -0.25) is 0 Å². The van der Waals surface area contributed by atoms with Gasteiger partial charge >= 0.3 is 12.1 Å². The Kier molecular flexibility index (Phi) is 8.51. The minimum Gasteiger partial charge on any atom is -0.497 e. The van der Waals surface area contributed by atoms with Gasteiger partial charge in [0.1, 0.15) is 11.5 Å². The molecule has 0 atom stereocenters. The third-order valence-electron chi connectivity index (χ3n) is 3.34. The Hall–Kier alpha value is -2.83. The van der Waals surface area contributed by atoms with E-state index < -0.39 is 17.8 Å². The van der Waals surface area contributed by atoms with Crippen LogP contribution in [-0.4, -0.2) is 24.7 Å². The first-order valence-electron chi connectivity index (χ1n) is 8.24. The van der Waals surface area contributed by atoms with E-state index in [1.165, 1.54) is 19.3 Å². The van der Waals surface area contributed by atoms with Crippen molar-refractivity contribution in [1.29, 1.82) is 0 Å². The molecule has 1 heterocycles. The van der Waals surface area contributed by atoms with E-state index in [1.54, 1.807) is 45.1 Å². The minimum atomic E-state index is -4.59. The largest absolute Gasteiger partial charge is 0.497 e. The molecule has 0 spiro atoms. The molecule has 0 aliphatic rings. The molecule has 0 radical (unpaired) electrons. The molecule has 1 aromatic rings. The number of nitrogens with zero attached hydrogens (tertiary/aromatic N) is 1. The number of allylic oxidation sites excluding steroid dienone is 5. The van der Waals surface area contributed by atoms with Crippen LogP contribution in [0.3, 0.4) is 0 Å². The number of carbonyl (C=O) groups is 1. The van der Waals surface area contributed by atoms with Gasteiger partial charge in [-0.2, -0.15) is 13.2 Å². The van der Waals surface area contributed by atoms with Gasteiger partial charge in [0.05, 0.1) is 19.4 Å². The lowest BCUT2D eigenvalue weighted by Crippen LogP contribution is -2.10. The maximum absolute atomic E-state index is 13.1. The van der Waals surface area contributed by atoms with E-state index in [9.17, 15) is 18.0 Å². The topological polar surface area (TPSA) is 48.4 Å². The van der Waals surface area contributed by atoms with Gasteiger partial charge in [0.25, 0.3) is 0 Å². The van der Waals surface area contributed by atoms with E-state index in [0.29, 0.717) is 16.9 Å². The molecule has 0 aliphatic carbocycles. The van der Waals surface area contributed by atoms with Gasteiger partial charge in [-0.25, -0.2) is 9.78 Å². The Balaban J connectivity index is 3.59. The number of esters is 1. The molecule has 0 amide bonds. The fourth-order valence-corrected chi connectivity index (χ4v) is 2.13. The van der Waals surface area contributed by atoms with E-state index in [2.05, 4.69) is 4.98 Å². The Labute approximate surface area is 156 Å². The molecule has 0 bridgehead atoms. The van der Waals surface area contributed by atoms with Gasteiger partial charge < -0.3 is 9.47 Å². The van der Waals surface area contributed by atoms with E-state index in [1.807, 2.05) is 0 Å². The van der Waals surface area contributed by atoms with Crippen molar-refractivity contribution in [1.82, 2.24) is 4.98 Å². The maximum atomic E-state index is 13.1. The maximum Gasteiger partial charge on any atom is 0.433 e. The number of ether oxygens (including phenoxy) is 2. The molecule has 1 aromatic heterocycles. The van der Waals surface area contributed by atoms with Crippen LogP contribution < -0.4 is 0 Å². The standard InChI is InChI=1S/C20H22F3NO3/c1-5-8-15(13-16(6-2)26-4)19-14(10-12-18(25)27-7-3)9-11-17(24-19)20(21,22)23/h5-6,8-13H,7H2,1-4H3/b8-5-,12-10+,15-13+,16-6+. The molecule has 0 N–H and O–H groups in total. The molecular weight excluding hydrogens is 359 g/mol. The number of carbonyl (C=O) groups excluding carboxylic acids is 1. The van der Waals surface area contributed by atoms with Gasteiger partial charge in [-0.15, -0.1) is 0 Å². The Morgan fingerprint density at radius 1 is 1.22 bits per heavy atom. The predicted octanol–water partition coefficient (Wildman–Crippen LogP) is 5.19. The van der Waals surface area contributed by atoms with Crippen LogP contribution in [0.1, 0.15) is 37.7 Å². The van der Waals surface area contributed by atoms with Crippen LogP contribution in [0.5, 0.6) is 0 Å². The summed E-state index contributed by atoms with van der Waals surface area (Å²) in [4.78, 5) is 15.3. The smallest absolute Gasteiger partial charge is 0.433 e. The average molecular weight is 381 g/mol. The second-order valence-electron chi connectivity index (χ2n) is 5.21. The van der Waals surface area contributed by atoms with Crippen molar-refractivity contribution in [2.45, 2.75) is 26.9 Å². The van der Waals surface area contributed by atoms with E-state index in [4.69, 9.17) is 9.47 Å². The third-order valence-corrected chi connectivity index (χ3v) is 3.34. The summed E-state index contributed by atoms with van der Waals surface area (Å²) in [5, 5.41) is 0.